The lowest BCUT2D eigenvalue weighted by molar-refractivity contribution is -0.141. The van der Waals surface area contributed by atoms with Gasteiger partial charge in [-0.15, -0.1) is 0 Å². The Labute approximate surface area is 81.7 Å². The maximum Gasteiger partial charge on any atom is 0.433 e. The van der Waals surface area contributed by atoms with E-state index in [1.807, 2.05) is 0 Å². The summed E-state index contributed by atoms with van der Waals surface area (Å²) < 4.78 is 65.4. The van der Waals surface area contributed by atoms with Crippen LogP contribution in [-0.2, 0) is 6.18 Å². The van der Waals surface area contributed by atoms with Crippen molar-refractivity contribution in [3.8, 4) is 5.88 Å². The lowest BCUT2D eigenvalue weighted by Gasteiger charge is -2.09. The van der Waals surface area contributed by atoms with Crippen molar-refractivity contribution in [2.75, 3.05) is 7.11 Å². The van der Waals surface area contributed by atoms with Crippen LogP contribution in [0.2, 0.25) is 0 Å². The number of halogens is 5. The van der Waals surface area contributed by atoms with Crippen molar-refractivity contribution in [1.29, 1.82) is 0 Å². The molecule has 0 saturated heterocycles. The van der Waals surface area contributed by atoms with E-state index in [-0.39, 0.29) is 0 Å². The van der Waals surface area contributed by atoms with Crippen molar-refractivity contribution >= 4 is 0 Å². The maximum atomic E-state index is 12.2. The summed E-state index contributed by atoms with van der Waals surface area (Å²) in [6, 6.07) is 1.06. The third-order valence-corrected chi connectivity index (χ3v) is 1.58. The van der Waals surface area contributed by atoms with E-state index in [0.717, 1.165) is 13.2 Å². The lowest BCUT2D eigenvalue weighted by atomic mass is 10.2. The summed E-state index contributed by atoms with van der Waals surface area (Å²) in [6.45, 7) is 0. The Bertz CT molecular complexity index is 349. The fraction of sp³-hybridized carbons (Fsp3) is 0.375. The van der Waals surface area contributed by atoms with E-state index in [1.54, 1.807) is 0 Å². The predicted molar refractivity (Wildman–Crippen MR) is 40.7 cm³/mol. The molecule has 0 N–H and O–H groups in total. The second-order valence-electron chi connectivity index (χ2n) is 2.63. The number of alkyl halides is 5. The molecule has 0 unspecified atom stereocenters. The molecule has 0 bridgehead atoms. The van der Waals surface area contributed by atoms with Crippen molar-refractivity contribution < 1.29 is 26.7 Å². The van der Waals surface area contributed by atoms with Gasteiger partial charge in [-0.05, 0) is 6.07 Å². The number of hydrogen-bond acceptors (Lipinski definition) is 2. The van der Waals surface area contributed by atoms with Crippen molar-refractivity contribution in [3.63, 3.8) is 0 Å². The summed E-state index contributed by atoms with van der Waals surface area (Å²) >= 11 is 0. The molecule has 0 atom stereocenters. The van der Waals surface area contributed by atoms with E-state index >= 15 is 0 Å². The number of pyridine rings is 1. The van der Waals surface area contributed by atoms with Crippen LogP contribution in [0, 0.1) is 0 Å². The number of nitrogens with zero attached hydrogens (tertiary/aromatic N) is 1. The summed E-state index contributed by atoms with van der Waals surface area (Å²) in [7, 11) is 1.05. The van der Waals surface area contributed by atoms with Gasteiger partial charge in [-0.25, -0.2) is 13.8 Å². The minimum absolute atomic E-state index is 0.299. The van der Waals surface area contributed by atoms with Crippen LogP contribution in [0.4, 0.5) is 22.0 Å². The molecule has 0 amide bonds. The van der Waals surface area contributed by atoms with Crippen LogP contribution in [0.3, 0.4) is 0 Å². The van der Waals surface area contributed by atoms with Crippen LogP contribution >= 0.6 is 0 Å². The molecule has 0 saturated carbocycles. The molecule has 1 aromatic heterocycles. The zero-order valence-electron chi connectivity index (χ0n) is 7.48. The predicted octanol–water partition coefficient (Wildman–Crippen LogP) is 3.05. The van der Waals surface area contributed by atoms with Crippen LogP contribution < -0.4 is 4.74 Å². The van der Waals surface area contributed by atoms with E-state index in [1.165, 1.54) is 0 Å². The number of aromatic nitrogens is 1. The molecular formula is C8H6F5NO. The molecule has 1 heterocycles. The quantitative estimate of drug-likeness (QED) is 0.724. The highest BCUT2D eigenvalue weighted by molar-refractivity contribution is 5.27. The normalized spacial score (nSPS) is 11.9. The average molecular weight is 227 g/mol. The molecule has 7 heteroatoms. The van der Waals surface area contributed by atoms with Crippen LogP contribution in [0.25, 0.3) is 0 Å². The fourth-order valence-corrected chi connectivity index (χ4v) is 0.901. The first-order valence-electron chi connectivity index (χ1n) is 3.76. The number of methoxy groups -OCH3 is 1. The highest BCUT2D eigenvalue weighted by atomic mass is 19.4. The van der Waals surface area contributed by atoms with Gasteiger partial charge in [0.05, 0.1) is 7.11 Å². The molecule has 84 valence electrons. The van der Waals surface area contributed by atoms with Gasteiger partial charge in [-0.2, -0.15) is 13.2 Å². The Morgan fingerprint density at radius 2 is 1.87 bits per heavy atom. The zero-order valence-corrected chi connectivity index (χ0v) is 7.48. The number of rotatable bonds is 2. The van der Waals surface area contributed by atoms with Crippen LogP contribution in [0.5, 0.6) is 5.88 Å². The summed E-state index contributed by atoms with van der Waals surface area (Å²) in [5, 5.41) is 0. The van der Waals surface area contributed by atoms with E-state index < -0.39 is 29.7 Å². The second kappa shape index (κ2) is 4.00. The van der Waals surface area contributed by atoms with Gasteiger partial charge in [0.15, 0.2) is 0 Å². The topological polar surface area (TPSA) is 22.1 Å². The molecule has 0 radical (unpaired) electrons. The minimum atomic E-state index is -4.77. The first-order chi connectivity index (χ1) is 6.84. The van der Waals surface area contributed by atoms with Crippen molar-refractivity contribution in [1.82, 2.24) is 4.98 Å². The summed E-state index contributed by atoms with van der Waals surface area (Å²) in [6.07, 6.45) is -7.76. The lowest BCUT2D eigenvalue weighted by Crippen LogP contribution is -2.09. The van der Waals surface area contributed by atoms with Gasteiger partial charge in [0.1, 0.15) is 5.69 Å². The van der Waals surface area contributed by atoms with Gasteiger partial charge in [0.25, 0.3) is 6.43 Å². The van der Waals surface area contributed by atoms with E-state index in [4.69, 9.17) is 0 Å². The highest BCUT2D eigenvalue weighted by Gasteiger charge is 2.34. The van der Waals surface area contributed by atoms with E-state index in [9.17, 15) is 22.0 Å². The first kappa shape index (κ1) is 11.7. The third kappa shape index (κ3) is 2.77. The third-order valence-electron chi connectivity index (χ3n) is 1.58. The van der Waals surface area contributed by atoms with Crippen molar-refractivity contribution in [2.24, 2.45) is 0 Å². The molecule has 0 aliphatic heterocycles. The molecule has 1 rings (SSSR count). The Hall–Kier alpha value is -1.40. The zero-order chi connectivity index (χ0) is 11.6. The standard InChI is InChI=1S/C8H6F5NO/c1-15-6-3-4(7(9)10)2-5(14-6)8(11,12)13/h2-3,7H,1H3. The van der Waals surface area contributed by atoms with E-state index in [0.29, 0.717) is 6.07 Å². The number of ether oxygens (including phenoxy) is 1. The van der Waals surface area contributed by atoms with E-state index in [2.05, 4.69) is 9.72 Å². The molecule has 0 aliphatic carbocycles. The SMILES string of the molecule is COc1cc(C(F)F)cc(C(F)(F)F)n1. The van der Waals surface area contributed by atoms with Gasteiger partial charge in [-0.1, -0.05) is 0 Å². The molecule has 0 spiro atoms. The van der Waals surface area contributed by atoms with Gasteiger partial charge >= 0.3 is 6.18 Å². The second-order valence-corrected chi connectivity index (χ2v) is 2.63. The average Bonchev–Trinajstić information content (AvgIpc) is 2.15. The monoisotopic (exact) mass is 227 g/mol. The smallest absolute Gasteiger partial charge is 0.433 e. The Morgan fingerprint density at radius 1 is 1.27 bits per heavy atom. The van der Waals surface area contributed by atoms with Gasteiger partial charge < -0.3 is 4.74 Å². The Morgan fingerprint density at radius 3 is 2.27 bits per heavy atom. The van der Waals surface area contributed by atoms with Crippen molar-refractivity contribution in [3.05, 3.63) is 23.4 Å². The summed E-state index contributed by atoms with van der Waals surface area (Å²) in [4.78, 5) is 3.02. The van der Waals surface area contributed by atoms with Crippen LogP contribution in [0.1, 0.15) is 17.7 Å². The Kier molecular flexibility index (Phi) is 3.11. The summed E-state index contributed by atoms with van der Waals surface area (Å²) in [5.74, 6) is -0.486. The molecule has 2 nitrogen and oxygen atoms in total. The van der Waals surface area contributed by atoms with Gasteiger partial charge in [0, 0.05) is 11.6 Å². The fourth-order valence-electron chi connectivity index (χ4n) is 0.901. The first-order valence-corrected chi connectivity index (χ1v) is 3.76. The van der Waals surface area contributed by atoms with Crippen molar-refractivity contribution in [2.45, 2.75) is 12.6 Å². The molecule has 0 aliphatic rings. The van der Waals surface area contributed by atoms with Crippen LogP contribution in [-0.4, -0.2) is 12.1 Å². The maximum absolute atomic E-state index is 12.2. The number of hydrogen-bond donors (Lipinski definition) is 0. The molecule has 1 aromatic rings. The molecule has 15 heavy (non-hydrogen) atoms. The largest absolute Gasteiger partial charge is 0.481 e. The van der Waals surface area contributed by atoms with Gasteiger partial charge in [0.2, 0.25) is 5.88 Å². The molecule has 0 aromatic carbocycles. The Balaban J connectivity index is 3.23. The van der Waals surface area contributed by atoms with Gasteiger partial charge in [-0.3, -0.25) is 0 Å². The molecular weight excluding hydrogens is 221 g/mol. The molecule has 0 fully saturated rings. The van der Waals surface area contributed by atoms with Crippen LogP contribution in [0.15, 0.2) is 12.1 Å². The summed E-state index contributed by atoms with van der Waals surface area (Å²) in [5.41, 5.74) is -2.16. The highest BCUT2D eigenvalue weighted by Crippen LogP contribution is 2.32. The minimum Gasteiger partial charge on any atom is -0.481 e.